The average molecular weight is 315 g/mol. The number of benzene rings is 1. The molecule has 1 aliphatic rings. The van der Waals surface area contributed by atoms with E-state index in [4.69, 9.17) is 4.74 Å². The van der Waals surface area contributed by atoms with Crippen LogP contribution in [0.2, 0.25) is 0 Å². The van der Waals surface area contributed by atoms with Gasteiger partial charge in [0.15, 0.2) is 6.61 Å². The lowest BCUT2D eigenvalue weighted by Gasteiger charge is -2.11. The third-order valence-corrected chi connectivity index (χ3v) is 4.28. The maximum atomic E-state index is 11.8. The molecule has 0 saturated carbocycles. The number of nitrogens with one attached hydrogen (secondary N) is 1. The van der Waals surface area contributed by atoms with E-state index in [1.807, 2.05) is 30.3 Å². The van der Waals surface area contributed by atoms with Gasteiger partial charge in [-0.15, -0.1) is 0 Å². The molecule has 0 heterocycles. The molecule has 1 aromatic rings. The molecule has 0 spiro atoms. The third-order valence-electron chi connectivity index (χ3n) is 4.28. The van der Waals surface area contributed by atoms with Crippen molar-refractivity contribution in [1.82, 2.24) is 0 Å². The summed E-state index contributed by atoms with van der Waals surface area (Å²) in [5, 5.41) is 2.74. The first-order valence-electron chi connectivity index (χ1n) is 8.30. The molecule has 124 valence electrons. The summed E-state index contributed by atoms with van der Waals surface area (Å²) in [5.41, 5.74) is 1.97. The largest absolute Gasteiger partial charge is 0.456 e. The minimum Gasteiger partial charge on any atom is -0.456 e. The predicted octanol–water partition coefficient (Wildman–Crippen LogP) is 4.04. The Labute approximate surface area is 137 Å². The first kappa shape index (κ1) is 17.3. The first-order valence-corrected chi connectivity index (χ1v) is 8.30. The van der Waals surface area contributed by atoms with Gasteiger partial charge in [-0.25, -0.2) is 0 Å². The van der Waals surface area contributed by atoms with Crippen LogP contribution < -0.4 is 5.32 Å². The molecule has 1 aliphatic carbocycles. The number of carbonyl (C=O) groups excluding carboxylic acids is 2. The molecule has 2 atom stereocenters. The van der Waals surface area contributed by atoms with E-state index >= 15 is 0 Å². The van der Waals surface area contributed by atoms with Gasteiger partial charge in [-0.1, -0.05) is 38.1 Å². The number of amides is 1. The topological polar surface area (TPSA) is 55.4 Å². The minimum atomic E-state index is -0.316. The average Bonchev–Trinajstić information content (AvgIpc) is 3.06. The van der Waals surface area contributed by atoms with Crippen LogP contribution in [-0.2, 0) is 14.3 Å². The maximum Gasteiger partial charge on any atom is 0.306 e. The van der Waals surface area contributed by atoms with Crippen LogP contribution in [0.5, 0.6) is 0 Å². The molecule has 4 nitrogen and oxygen atoms in total. The Kier molecular flexibility index (Phi) is 6.39. The zero-order valence-electron chi connectivity index (χ0n) is 13.9. The van der Waals surface area contributed by atoms with Gasteiger partial charge in [0, 0.05) is 5.69 Å². The second-order valence-electron chi connectivity index (χ2n) is 6.11. The molecule has 0 fully saturated rings. The van der Waals surface area contributed by atoms with E-state index in [1.54, 1.807) is 0 Å². The van der Waals surface area contributed by atoms with Crippen molar-refractivity contribution in [3.05, 3.63) is 42.0 Å². The molecule has 2 rings (SSSR count). The molecule has 1 amide bonds. The summed E-state index contributed by atoms with van der Waals surface area (Å²) in [4.78, 5) is 23.5. The van der Waals surface area contributed by atoms with E-state index in [0.29, 0.717) is 12.3 Å². The molecule has 0 aromatic heterocycles. The summed E-state index contributed by atoms with van der Waals surface area (Å²) in [6, 6.07) is 7.79. The van der Waals surface area contributed by atoms with Gasteiger partial charge in [0.25, 0.3) is 5.91 Å². The smallest absolute Gasteiger partial charge is 0.306 e. The van der Waals surface area contributed by atoms with Crippen molar-refractivity contribution in [3.8, 4) is 0 Å². The van der Waals surface area contributed by atoms with Gasteiger partial charge < -0.3 is 10.1 Å². The van der Waals surface area contributed by atoms with E-state index in [1.165, 1.54) is 5.56 Å². The number of allylic oxidation sites excluding steroid dienone is 2. The molecule has 0 radical (unpaired) electrons. The molecule has 0 saturated heterocycles. The highest BCUT2D eigenvalue weighted by atomic mass is 16.5. The third kappa shape index (κ3) is 5.55. The Balaban J connectivity index is 1.73. The first-order chi connectivity index (χ1) is 11.1. The van der Waals surface area contributed by atoms with Crippen LogP contribution in [0.4, 0.5) is 5.69 Å². The van der Waals surface area contributed by atoms with E-state index < -0.39 is 0 Å². The van der Waals surface area contributed by atoms with Gasteiger partial charge in [0.1, 0.15) is 0 Å². The molecule has 1 aromatic carbocycles. The number of esters is 1. The highest BCUT2D eigenvalue weighted by molar-refractivity contribution is 5.92. The lowest BCUT2D eigenvalue weighted by atomic mass is 9.99. The van der Waals surface area contributed by atoms with E-state index in [-0.39, 0.29) is 24.4 Å². The van der Waals surface area contributed by atoms with Crippen LogP contribution in [0.3, 0.4) is 0 Å². The number of ether oxygens (including phenoxy) is 1. The Hall–Kier alpha value is -2.10. The van der Waals surface area contributed by atoms with Crippen molar-refractivity contribution >= 4 is 17.6 Å². The molecule has 0 aliphatic heterocycles. The molecule has 23 heavy (non-hydrogen) atoms. The summed E-state index contributed by atoms with van der Waals surface area (Å²) >= 11 is 0. The van der Waals surface area contributed by atoms with Crippen molar-refractivity contribution in [1.29, 1.82) is 0 Å². The highest BCUT2D eigenvalue weighted by Gasteiger charge is 2.16. The van der Waals surface area contributed by atoms with Crippen molar-refractivity contribution in [2.75, 3.05) is 11.9 Å². The molecular formula is C19H25NO3. The lowest BCUT2D eigenvalue weighted by molar-refractivity contribution is -0.147. The second kappa shape index (κ2) is 8.51. The van der Waals surface area contributed by atoms with Gasteiger partial charge in [0.2, 0.25) is 0 Å². The van der Waals surface area contributed by atoms with Gasteiger partial charge >= 0.3 is 5.97 Å². The van der Waals surface area contributed by atoms with Gasteiger partial charge in [-0.05, 0) is 48.8 Å². The predicted molar refractivity (Wildman–Crippen MR) is 91.2 cm³/mol. The summed E-state index contributed by atoms with van der Waals surface area (Å²) in [7, 11) is 0. The van der Waals surface area contributed by atoms with Crippen LogP contribution in [0, 0.1) is 5.92 Å². The fourth-order valence-electron chi connectivity index (χ4n) is 2.61. The molecule has 0 unspecified atom stereocenters. The van der Waals surface area contributed by atoms with Crippen molar-refractivity contribution in [2.24, 2.45) is 5.92 Å². The fraction of sp³-hybridized carbons (Fsp3) is 0.474. The zero-order valence-corrected chi connectivity index (χ0v) is 13.9. The van der Waals surface area contributed by atoms with Gasteiger partial charge in [0.05, 0.1) is 6.42 Å². The molecule has 4 heteroatoms. The monoisotopic (exact) mass is 315 g/mol. The van der Waals surface area contributed by atoms with E-state index in [0.717, 1.165) is 24.9 Å². The Bertz CT molecular complexity index is 562. The van der Waals surface area contributed by atoms with Gasteiger partial charge in [-0.3, -0.25) is 9.59 Å². The van der Waals surface area contributed by atoms with Gasteiger partial charge in [-0.2, -0.15) is 0 Å². The Morgan fingerprint density at radius 3 is 2.65 bits per heavy atom. The number of rotatable bonds is 7. The van der Waals surface area contributed by atoms with Crippen LogP contribution in [-0.4, -0.2) is 18.5 Å². The maximum absolute atomic E-state index is 11.8. The summed E-state index contributed by atoms with van der Waals surface area (Å²) in [5.74, 6) is 0.143. The van der Waals surface area contributed by atoms with Crippen LogP contribution in [0.1, 0.15) is 51.0 Å². The SMILES string of the molecule is CC[C@@H](C)c1ccc(NC(=O)COC(=O)C[C@H]2C=CCC2)cc1. The number of hydrogen-bond acceptors (Lipinski definition) is 3. The number of carbonyl (C=O) groups is 2. The summed E-state index contributed by atoms with van der Waals surface area (Å²) in [6.07, 6.45) is 7.56. The summed E-state index contributed by atoms with van der Waals surface area (Å²) < 4.78 is 5.03. The zero-order chi connectivity index (χ0) is 16.7. The fourth-order valence-corrected chi connectivity index (χ4v) is 2.61. The Morgan fingerprint density at radius 1 is 1.30 bits per heavy atom. The van der Waals surface area contributed by atoms with Crippen molar-refractivity contribution in [2.45, 2.75) is 45.4 Å². The highest BCUT2D eigenvalue weighted by Crippen LogP contribution is 2.21. The number of hydrogen-bond donors (Lipinski definition) is 1. The molecule has 0 bridgehead atoms. The minimum absolute atomic E-state index is 0.234. The van der Waals surface area contributed by atoms with Crippen LogP contribution in [0.25, 0.3) is 0 Å². The second-order valence-corrected chi connectivity index (χ2v) is 6.11. The molecule has 1 N–H and O–H groups in total. The Morgan fingerprint density at radius 2 is 2.04 bits per heavy atom. The summed E-state index contributed by atoms with van der Waals surface area (Å²) in [6.45, 7) is 4.09. The van der Waals surface area contributed by atoms with E-state index in [2.05, 4.69) is 25.2 Å². The van der Waals surface area contributed by atoms with Crippen LogP contribution in [0.15, 0.2) is 36.4 Å². The molecular weight excluding hydrogens is 290 g/mol. The standard InChI is InChI=1S/C19H25NO3/c1-3-14(2)16-8-10-17(11-9-16)20-18(21)13-23-19(22)12-15-6-4-5-7-15/h4,6,8-11,14-15H,3,5,7,12-13H2,1-2H3,(H,20,21)/t14-,15+/m1/s1. The lowest BCUT2D eigenvalue weighted by Crippen LogP contribution is -2.21. The van der Waals surface area contributed by atoms with Crippen molar-refractivity contribution in [3.63, 3.8) is 0 Å². The normalized spacial score (nSPS) is 17.7. The van der Waals surface area contributed by atoms with Crippen LogP contribution >= 0.6 is 0 Å². The van der Waals surface area contributed by atoms with Crippen molar-refractivity contribution < 1.29 is 14.3 Å². The quantitative estimate of drug-likeness (QED) is 0.610. The van der Waals surface area contributed by atoms with E-state index in [9.17, 15) is 9.59 Å². The number of anilines is 1.